The summed E-state index contributed by atoms with van der Waals surface area (Å²) >= 11 is 1.74. The number of likely N-dealkylation sites (tertiary alicyclic amines) is 2. The standard InChI is InChI=1S/C19H25FN4OS/c1-14-11-26-17(22-14)9-24-12-19(13-24)8-15(5-7-23(19)2)10-25-18-16(20)4-3-6-21-18/h3-4,6,11,15H,5,7-10,12-13H2,1-2H3/t15-/m1/s1. The van der Waals surface area contributed by atoms with Crippen LogP contribution in [0, 0.1) is 18.7 Å². The lowest BCUT2D eigenvalue weighted by Crippen LogP contribution is -2.71. The van der Waals surface area contributed by atoms with Crippen LogP contribution >= 0.6 is 11.3 Å². The summed E-state index contributed by atoms with van der Waals surface area (Å²) < 4.78 is 19.4. The second-order valence-corrected chi connectivity index (χ2v) is 8.58. The van der Waals surface area contributed by atoms with Crippen molar-refractivity contribution in [2.24, 2.45) is 5.92 Å². The van der Waals surface area contributed by atoms with E-state index in [0.717, 1.165) is 44.7 Å². The van der Waals surface area contributed by atoms with Gasteiger partial charge in [0.05, 0.1) is 13.2 Å². The first kappa shape index (κ1) is 17.8. The highest BCUT2D eigenvalue weighted by molar-refractivity contribution is 7.09. The van der Waals surface area contributed by atoms with E-state index in [1.807, 2.05) is 6.92 Å². The van der Waals surface area contributed by atoms with Crippen LogP contribution in [-0.4, -0.2) is 58.6 Å². The van der Waals surface area contributed by atoms with Gasteiger partial charge < -0.3 is 4.74 Å². The van der Waals surface area contributed by atoms with Crippen molar-refractivity contribution in [1.82, 2.24) is 19.8 Å². The summed E-state index contributed by atoms with van der Waals surface area (Å²) in [4.78, 5) is 13.5. The Bertz CT molecular complexity index is 762. The Morgan fingerprint density at radius 2 is 2.27 bits per heavy atom. The smallest absolute Gasteiger partial charge is 0.250 e. The van der Waals surface area contributed by atoms with Gasteiger partial charge in [-0.25, -0.2) is 14.4 Å². The number of aryl methyl sites for hydroxylation is 1. The first-order valence-electron chi connectivity index (χ1n) is 9.12. The van der Waals surface area contributed by atoms with Crippen LogP contribution in [0.1, 0.15) is 23.5 Å². The molecule has 140 valence electrons. The van der Waals surface area contributed by atoms with Crippen molar-refractivity contribution in [3.63, 3.8) is 0 Å². The molecule has 0 radical (unpaired) electrons. The zero-order valence-electron chi connectivity index (χ0n) is 15.3. The van der Waals surface area contributed by atoms with Gasteiger partial charge >= 0.3 is 0 Å². The number of likely N-dealkylation sites (N-methyl/N-ethyl adjacent to an activating group) is 1. The summed E-state index contributed by atoms with van der Waals surface area (Å²) in [5.74, 6) is 0.176. The highest BCUT2D eigenvalue weighted by Gasteiger charge is 2.49. The molecule has 0 amide bonds. The number of pyridine rings is 1. The molecule has 2 aliphatic rings. The van der Waals surface area contributed by atoms with Crippen LogP contribution < -0.4 is 4.74 Å². The predicted octanol–water partition coefficient (Wildman–Crippen LogP) is 2.96. The van der Waals surface area contributed by atoms with E-state index in [-0.39, 0.29) is 17.2 Å². The minimum Gasteiger partial charge on any atom is -0.475 e. The molecule has 0 saturated carbocycles. The first-order chi connectivity index (χ1) is 12.5. The average Bonchev–Trinajstić information content (AvgIpc) is 3.00. The van der Waals surface area contributed by atoms with E-state index in [2.05, 4.69) is 32.2 Å². The normalized spacial score (nSPS) is 23.1. The lowest BCUT2D eigenvalue weighted by molar-refractivity contribution is -0.0876. The number of piperidine rings is 1. The third kappa shape index (κ3) is 3.61. The predicted molar refractivity (Wildman–Crippen MR) is 99.9 cm³/mol. The van der Waals surface area contributed by atoms with E-state index in [1.165, 1.54) is 11.1 Å². The van der Waals surface area contributed by atoms with Gasteiger partial charge in [0.2, 0.25) is 5.88 Å². The number of aromatic nitrogens is 2. The van der Waals surface area contributed by atoms with Crippen LogP contribution in [0.15, 0.2) is 23.7 Å². The molecule has 26 heavy (non-hydrogen) atoms. The van der Waals surface area contributed by atoms with Crippen molar-refractivity contribution in [2.45, 2.75) is 31.8 Å². The molecule has 2 aromatic rings. The Morgan fingerprint density at radius 1 is 1.42 bits per heavy atom. The minimum absolute atomic E-state index is 0.120. The van der Waals surface area contributed by atoms with Gasteiger partial charge in [0, 0.05) is 35.9 Å². The molecule has 7 heteroatoms. The Kier molecular flexibility index (Phi) is 4.94. The van der Waals surface area contributed by atoms with Gasteiger partial charge in [0.15, 0.2) is 5.82 Å². The maximum atomic E-state index is 13.7. The van der Waals surface area contributed by atoms with Crippen molar-refractivity contribution >= 4 is 11.3 Å². The second-order valence-electron chi connectivity index (χ2n) is 7.63. The molecule has 4 heterocycles. The quantitative estimate of drug-likeness (QED) is 0.803. The molecule has 2 fully saturated rings. The number of ether oxygens (including phenoxy) is 1. The van der Waals surface area contributed by atoms with Gasteiger partial charge in [-0.1, -0.05) is 0 Å². The minimum atomic E-state index is -0.385. The SMILES string of the molecule is Cc1csc(CN2CC3(C[C@H](COc4ncccc4F)CCN3C)C2)n1. The number of hydrogen-bond acceptors (Lipinski definition) is 6. The zero-order valence-corrected chi connectivity index (χ0v) is 16.1. The monoisotopic (exact) mass is 376 g/mol. The third-order valence-electron chi connectivity index (χ3n) is 5.59. The van der Waals surface area contributed by atoms with Crippen LogP contribution in [-0.2, 0) is 6.54 Å². The fraction of sp³-hybridized carbons (Fsp3) is 0.579. The van der Waals surface area contributed by atoms with E-state index < -0.39 is 0 Å². The van der Waals surface area contributed by atoms with Gasteiger partial charge in [-0.15, -0.1) is 11.3 Å². The summed E-state index contributed by atoms with van der Waals surface area (Å²) in [6, 6.07) is 2.97. The van der Waals surface area contributed by atoms with E-state index in [9.17, 15) is 4.39 Å². The van der Waals surface area contributed by atoms with Crippen LogP contribution in [0.5, 0.6) is 5.88 Å². The highest BCUT2D eigenvalue weighted by atomic mass is 32.1. The molecule has 0 bridgehead atoms. The molecular weight excluding hydrogens is 351 g/mol. The average molecular weight is 377 g/mol. The molecule has 0 N–H and O–H groups in total. The van der Waals surface area contributed by atoms with Crippen molar-refractivity contribution in [3.05, 3.63) is 40.2 Å². The molecule has 0 unspecified atom stereocenters. The summed E-state index contributed by atoms with van der Waals surface area (Å²) in [5.41, 5.74) is 1.33. The first-order valence-corrected chi connectivity index (χ1v) is 10.00. The van der Waals surface area contributed by atoms with E-state index >= 15 is 0 Å². The summed E-state index contributed by atoms with van der Waals surface area (Å²) in [5, 5.41) is 3.31. The molecule has 0 aliphatic carbocycles. The Labute approximate surface area is 157 Å². The molecular formula is C19H25FN4OS. The van der Waals surface area contributed by atoms with Gasteiger partial charge in [-0.2, -0.15) is 0 Å². The number of hydrogen-bond donors (Lipinski definition) is 0. The van der Waals surface area contributed by atoms with E-state index in [1.54, 1.807) is 23.6 Å². The lowest BCUT2D eigenvalue weighted by Gasteiger charge is -2.58. The van der Waals surface area contributed by atoms with Crippen LogP contribution in [0.4, 0.5) is 4.39 Å². The van der Waals surface area contributed by atoms with Gasteiger partial charge in [0.1, 0.15) is 5.01 Å². The Morgan fingerprint density at radius 3 is 3.00 bits per heavy atom. The van der Waals surface area contributed by atoms with Crippen molar-refractivity contribution < 1.29 is 9.13 Å². The Hall–Kier alpha value is -1.57. The fourth-order valence-corrected chi connectivity index (χ4v) is 4.97. The molecule has 5 nitrogen and oxygen atoms in total. The van der Waals surface area contributed by atoms with Crippen LogP contribution in [0.2, 0.25) is 0 Å². The summed E-state index contributed by atoms with van der Waals surface area (Å²) in [6.45, 7) is 6.71. The van der Waals surface area contributed by atoms with Gasteiger partial charge in [0.25, 0.3) is 0 Å². The van der Waals surface area contributed by atoms with Crippen molar-refractivity contribution in [2.75, 3.05) is 33.3 Å². The molecule has 1 spiro atoms. The number of nitrogens with zero attached hydrogens (tertiary/aromatic N) is 4. The Balaban J connectivity index is 1.32. The van der Waals surface area contributed by atoms with E-state index in [4.69, 9.17) is 4.74 Å². The lowest BCUT2D eigenvalue weighted by atomic mass is 9.75. The highest BCUT2D eigenvalue weighted by Crippen LogP contribution is 2.39. The number of rotatable bonds is 5. The maximum absolute atomic E-state index is 13.7. The molecule has 2 aromatic heterocycles. The van der Waals surface area contributed by atoms with Gasteiger partial charge in [-0.05, 0) is 51.4 Å². The van der Waals surface area contributed by atoms with Crippen LogP contribution in [0.25, 0.3) is 0 Å². The molecule has 0 aromatic carbocycles. The molecule has 2 saturated heterocycles. The molecule has 1 atom stereocenters. The summed E-state index contributed by atoms with van der Waals surface area (Å²) in [7, 11) is 2.22. The third-order valence-corrected chi connectivity index (χ3v) is 6.54. The number of thiazole rings is 1. The molecule has 2 aliphatic heterocycles. The second kappa shape index (κ2) is 7.21. The van der Waals surface area contributed by atoms with Gasteiger partial charge in [-0.3, -0.25) is 9.80 Å². The number of halogens is 1. The van der Waals surface area contributed by atoms with Crippen molar-refractivity contribution in [1.29, 1.82) is 0 Å². The van der Waals surface area contributed by atoms with Crippen LogP contribution in [0.3, 0.4) is 0 Å². The fourth-order valence-electron chi connectivity index (χ4n) is 4.16. The maximum Gasteiger partial charge on any atom is 0.250 e. The topological polar surface area (TPSA) is 41.5 Å². The molecule has 4 rings (SSSR count). The largest absolute Gasteiger partial charge is 0.475 e. The summed E-state index contributed by atoms with van der Waals surface area (Å²) in [6.07, 6.45) is 3.74. The van der Waals surface area contributed by atoms with E-state index in [0.29, 0.717) is 12.5 Å². The van der Waals surface area contributed by atoms with Crippen molar-refractivity contribution in [3.8, 4) is 5.88 Å². The zero-order chi connectivity index (χ0) is 18.1.